The summed E-state index contributed by atoms with van der Waals surface area (Å²) in [4.78, 5) is 11.7. The fourth-order valence-electron chi connectivity index (χ4n) is 1.68. The molecule has 0 aliphatic rings. The van der Waals surface area contributed by atoms with Gasteiger partial charge in [-0.3, -0.25) is 4.79 Å². The van der Waals surface area contributed by atoms with Crippen molar-refractivity contribution in [3.05, 3.63) is 59.4 Å². The Labute approximate surface area is 121 Å². The minimum atomic E-state index is -0.328. The highest BCUT2D eigenvalue weighted by Gasteiger charge is 2.02. The molecule has 0 saturated carbocycles. The Balaban J connectivity index is 1.76. The van der Waals surface area contributed by atoms with Crippen LogP contribution in [0.1, 0.15) is 6.42 Å². The number of rotatable bonds is 5. The summed E-state index contributed by atoms with van der Waals surface area (Å²) in [5.41, 5.74) is 1.45. The lowest BCUT2D eigenvalue weighted by Gasteiger charge is -2.07. The number of carbonyl (C=O) groups is 1. The standard InChI is InChI=1S/C15H14ClFN2O/c16-11-2-1-3-14(10-11)18-9-8-15(20)19-13-6-4-12(17)5-7-13/h1-7,10,18H,8-9H2,(H,19,20). The van der Waals surface area contributed by atoms with E-state index in [4.69, 9.17) is 11.6 Å². The SMILES string of the molecule is O=C(CCNc1cccc(Cl)c1)Nc1ccc(F)cc1. The van der Waals surface area contributed by atoms with Crippen LogP contribution >= 0.6 is 11.6 Å². The van der Waals surface area contributed by atoms with Gasteiger partial charge in [-0.15, -0.1) is 0 Å². The molecule has 0 heterocycles. The number of hydrogen-bond acceptors (Lipinski definition) is 2. The molecule has 20 heavy (non-hydrogen) atoms. The number of halogens is 2. The van der Waals surface area contributed by atoms with Gasteiger partial charge in [-0.1, -0.05) is 17.7 Å². The van der Waals surface area contributed by atoms with Crippen LogP contribution in [0.2, 0.25) is 5.02 Å². The second kappa shape index (κ2) is 6.91. The van der Waals surface area contributed by atoms with Gasteiger partial charge >= 0.3 is 0 Å². The molecule has 0 bridgehead atoms. The number of benzene rings is 2. The highest BCUT2D eigenvalue weighted by atomic mass is 35.5. The van der Waals surface area contributed by atoms with Gasteiger partial charge in [0.1, 0.15) is 5.82 Å². The Bertz CT molecular complexity index is 587. The second-order valence-corrected chi connectivity index (χ2v) is 4.68. The maximum absolute atomic E-state index is 12.7. The molecule has 0 spiro atoms. The summed E-state index contributed by atoms with van der Waals surface area (Å²) in [6, 6.07) is 13.0. The van der Waals surface area contributed by atoms with E-state index in [0.717, 1.165) is 5.69 Å². The third-order valence-electron chi connectivity index (χ3n) is 2.63. The lowest BCUT2D eigenvalue weighted by Crippen LogP contribution is -2.16. The van der Waals surface area contributed by atoms with Crippen LogP contribution in [-0.2, 0) is 4.79 Å². The summed E-state index contributed by atoms with van der Waals surface area (Å²) in [5.74, 6) is -0.461. The van der Waals surface area contributed by atoms with E-state index in [9.17, 15) is 9.18 Å². The Hall–Kier alpha value is -2.07. The van der Waals surface area contributed by atoms with Gasteiger partial charge in [-0.05, 0) is 42.5 Å². The first-order valence-corrected chi connectivity index (χ1v) is 6.56. The summed E-state index contributed by atoms with van der Waals surface area (Å²) in [6.07, 6.45) is 0.309. The van der Waals surface area contributed by atoms with Crippen molar-refractivity contribution in [1.82, 2.24) is 0 Å². The molecule has 2 rings (SSSR count). The van der Waals surface area contributed by atoms with Crippen molar-refractivity contribution >= 4 is 28.9 Å². The Morgan fingerprint density at radius 3 is 2.55 bits per heavy atom. The van der Waals surface area contributed by atoms with Crippen LogP contribution in [0.4, 0.5) is 15.8 Å². The van der Waals surface area contributed by atoms with Crippen molar-refractivity contribution in [3.63, 3.8) is 0 Å². The first-order valence-electron chi connectivity index (χ1n) is 6.18. The lowest BCUT2D eigenvalue weighted by atomic mass is 10.3. The van der Waals surface area contributed by atoms with E-state index >= 15 is 0 Å². The summed E-state index contributed by atoms with van der Waals surface area (Å²) < 4.78 is 12.7. The van der Waals surface area contributed by atoms with E-state index in [1.54, 1.807) is 12.1 Å². The van der Waals surface area contributed by atoms with E-state index in [-0.39, 0.29) is 11.7 Å². The molecule has 0 radical (unpaired) electrons. The average molecular weight is 293 g/mol. The first kappa shape index (κ1) is 14.3. The van der Waals surface area contributed by atoms with Crippen molar-refractivity contribution in [2.24, 2.45) is 0 Å². The highest BCUT2D eigenvalue weighted by molar-refractivity contribution is 6.30. The fourth-order valence-corrected chi connectivity index (χ4v) is 1.87. The second-order valence-electron chi connectivity index (χ2n) is 4.24. The van der Waals surface area contributed by atoms with Crippen LogP contribution in [0.3, 0.4) is 0 Å². The van der Waals surface area contributed by atoms with Crippen molar-refractivity contribution < 1.29 is 9.18 Å². The van der Waals surface area contributed by atoms with Crippen LogP contribution < -0.4 is 10.6 Å². The molecule has 104 valence electrons. The van der Waals surface area contributed by atoms with Gasteiger partial charge in [0, 0.05) is 29.4 Å². The highest BCUT2D eigenvalue weighted by Crippen LogP contribution is 2.14. The van der Waals surface area contributed by atoms with Gasteiger partial charge in [0.05, 0.1) is 0 Å². The topological polar surface area (TPSA) is 41.1 Å². The maximum Gasteiger partial charge on any atom is 0.226 e. The molecule has 2 N–H and O–H groups in total. The number of amides is 1. The van der Waals surface area contributed by atoms with Gasteiger partial charge in [0.15, 0.2) is 0 Å². The molecule has 2 aromatic carbocycles. The summed E-state index contributed by atoms with van der Waals surface area (Å²) in [6.45, 7) is 0.493. The van der Waals surface area contributed by atoms with Crippen molar-refractivity contribution in [1.29, 1.82) is 0 Å². The zero-order valence-corrected chi connectivity index (χ0v) is 11.5. The molecule has 3 nitrogen and oxygen atoms in total. The molecule has 0 fully saturated rings. The quantitative estimate of drug-likeness (QED) is 0.877. The monoisotopic (exact) mass is 292 g/mol. The minimum absolute atomic E-state index is 0.133. The minimum Gasteiger partial charge on any atom is -0.384 e. The fraction of sp³-hybridized carbons (Fsp3) is 0.133. The molecule has 0 unspecified atom stereocenters. The van der Waals surface area contributed by atoms with E-state index in [1.165, 1.54) is 24.3 Å². The van der Waals surface area contributed by atoms with Crippen molar-refractivity contribution in [2.45, 2.75) is 6.42 Å². The van der Waals surface area contributed by atoms with E-state index < -0.39 is 0 Å². The molecule has 2 aromatic rings. The maximum atomic E-state index is 12.7. The Kier molecular flexibility index (Phi) is 4.96. The number of nitrogens with one attached hydrogen (secondary N) is 2. The van der Waals surface area contributed by atoms with Crippen LogP contribution in [0.25, 0.3) is 0 Å². The molecule has 0 saturated heterocycles. The molecule has 0 atom stereocenters. The van der Waals surface area contributed by atoms with Crippen LogP contribution in [-0.4, -0.2) is 12.5 Å². The predicted molar refractivity (Wildman–Crippen MR) is 79.6 cm³/mol. The summed E-state index contributed by atoms with van der Waals surface area (Å²) in [7, 11) is 0. The van der Waals surface area contributed by atoms with E-state index in [2.05, 4.69) is 10.6 Å². The molecular weight excluding hydrogens is 279 g/mol. The van der Waals surface area contributed by atoms with Gasteiger partial charge in [0.2, 0.25) is 5.91 Å². The number of anilines is 2. The van der Waals surface area contributed by atoms with Gasteiger partial charge < -0.3 is 10.6 Å². The number of carbonyl (C=O) groups excluding carboxylic acids is 1. The van der Waals surface area contributed by atoms with Crippen LogP contribution in [0, 0.1) is 5.82 Å². The predicted octanol–water partition coefficient (Wildman–Crippen LogP) is 3.92. The largest absolute Gasteiger partial charge is 0.384 e. The van der Waals surface area contributed by atoms with Crippen molar-refractivity contribution in [2.75, 3.05) is 17.2 Å². The van der Waals surface area contributed by atoms with E-state index in [1.807, 2.05) is 12.1 Å². The zero-order valence-electron chi connectivity index (χ0n) is 10.7. The van der Waals surface area contributed by atoms with Gasteiger partial charge in [0.25, 0.3) is 0 Å². The molecule has 0 aliphatic carbocycles. The third-order valence-corrected chi connectivity index (χ3v) is 2.87. The molecule has 5 heteroatoms. The smallest absolute Gasteiger partial charge is 0.226 e. The number of hydrogen-bond donors (Lipinski definition) is 2. The molecule has 0 aliphatic heterocycles. The first-order chi connectivity index (χ1) is 9.63. The van der Waals surface area contributed by atoms with Gasteiger partial charge in [-0.25, -0.2) is 4.39 Å². The molecule has 1 amide bonds. The summed E-state index contributed by atoms with van der Waals surface area (Å²) in [5, 5.41) is 6.45. The Morgan fingerprint density at radius 1 is 1.10 bits per heavy atom. The lowest BCUT2D eigenvalue weighted by molar-refractivity contribution is -0.115. The average Bonchev–Trinajstić information content (AvgIpc) is 2.41. The normalized spacial score (nSPS) is 10.1. The summed E-state index contributed by atoms with van der Waals surface area (Å²) >= 11 is 5.86. The Morgan fingerprint density at radius 2 is 1.85 bits per heavy atom. The van der Waals surface area contributed by atoms with Crippen molar-refractivity contribution in [3.8, 4) is 0 Å². The van der Waals surface area contributed by atoms with E-state index in [0.29, 0.717) is 23.7 Å². The molecule has 0 aromatic heterocycles. The van der Waals surface area contributed by atoms with Crippen LogP contribution in [0.15, 0.2) is 48.5 Å². The van der Waals surface area contributed by atoms with Gasteiger partial charge in [-0.2, -0.15) is 0 Å². The third kappa shape index (κ3) is 4.55. The zero-order chi connectivity index (χ0) is 14.4. The van der Waals surface area contributed by atoms with Crippen LogP contribution in [0.5, 0.6) is 0 Å². The molecular formula is C15H14ClFN2O.